The summed E-state index contributed by atoms with van der Waals surface area (Å²) in [5, 5.41) is 0. The van der Waals surface area contributed by atoms with E-state index in [1.165, 1.54) is 0 Å². The molecule has 0 aromatic carbocycles. The minimum absolute atomic E-state index is 0.0175. The molecule has 4 fully saturated rings. The lowest BCUT2D eigenvalue weighted by atomic mass is 9.84. The normalized spacial score (nSPS) is 40.8. The van der Waals surface area contributed by atoms with Crippen molar-refractivity contribution in [3.8, 4) is 0 Å². The second kappa shape index (κ2) is 15.9. The average molecular weight is 608 g/mol. The van der Waals surface area contributed by atoms with Crippen LogP contribution in [0.1, 0.15) is 119 Å². The SMILES string of the molecule is CCC[C@@H]1C[C@@H]2CC[C@@H](O2)[C@@H](C)C(=O)O[C@@H]([C@H](C)[C@H]2CC[C@@H](C[C@@H](CCC)N(C)C)O2)[C@H](C)[C@@H]2CC[C@@H](O2)[C@@H](C)C(=O)O1. The van der Waals surface area contributed by atoms with Gasteiger partial charge < -0.3 is 28.6 Å². The van der Waals surface area contributed by atoms with Crippen LogP contribution in [0.5, 0.6) is 0 Å². The molecule has 43 heavy (non-hydrogen) atoms. The predicted octanol–water partition coefficient (Wildman–Crippen LogP) is 6.32. The van der Waals surface area contributed by atoms with E-state index in [0.717, 1.165) is 70.6 Å². The quantitative estimate of drug-likeness (QED) is 0.282. The zero-order valence-electron chi connectivity index (χ0n) is 28.3. The molecule has 0 aromatic heterocycles. The van der Waals surface area contributed by atoms with Gasteiger partial charge in [-0.05, 0) is 85.7 Å². The summed E-state index contributed by atoms with van der Waals surface area (Å²) in [6.07, 6.45) is 10.3. The van der Waals surface area contributed by atoms with E-state index >= 15 is 0 Å². The third-order valence-corrected chi connectivity index (χ3v) is 11.0. The number of nitrogens with zero attached hydrogens (tertiary/aromatic N) is 1. The molecule has 4 rings (SSSR count). The molecule has 0 saturated carbocycles. The maximum absolute atomic E-state index is 13.7. The Morgan fingerprint density at radius 1 is 0.767 bits per heavy atom. The van der Waals surface area contributed by atoms with Gasteiger partial charge in [0, 0.05) is 24.3 Å². The second-order valence-electron chi connectivity index (χ2n) is 14.5. The van der Waals surface area contributed by atoms with Crippen LogP contribution in [0.15, 0.2) is 0 Å². The van der Waals surface area contributed by atoms with Gasteiger partial charge in [0.05, 0.1) is 48.5 Å². The molecule has 0 radical (unpaired) electrons. The number of ether oxygens (including phenoxy) is 5. The van der Waals surface area contributed by atoms with E-state index in [1.54, 1.807) is 0 Å². The summed E-state index contributed by atoms with van der Waals surface area (Å²) in [5.74, 6) is -1.08. The highest BCUT2D eigenvalue weighted by atomic mass is 16.6. The second-order valence-corrected chi connectivity index (χ2v) is 14.5. The first kappa shape index (κ1) is 34.6. The standard InChI is InChI=1S/C35H61NO7/c1-9-11-25(36(7)8)19-27-13-15-29(39-27)21(3)33-22(4)30-17-18-32(42-30)24(6)34(37)41-26(12-10-2)20-28-14-16-31(40-28)23(5)35(38)43-33/h21-33H,9-20H2,1-8H3/t21-,22-,23-,24-,25-,26-,27+,28+,29-,30+,31-,32-,33+/m1/s1. The zero-order chi connectivity index (χ0) is 31.3. The number of cyclic esters (lactones) is 2. The highest BCUT2D eigenvalue weighted by Gasteiger charge is 2.46. The van der Waals surface area contributed by atoms with E-state index in [2.05, 4.69) is 46.7 Å². The molecule has 4 aliphatic rings. The summed E-state index contributed by atoms with van der Waals surface area (Å²) >= 11 is 0. The van der Waals surface area contributed by atoms with Gasteiger partial charge in [-0.15, -0.1) is 0 Å². The number of hydrogen-bond acceptors (Lipinski definition) is 8. The van der Waals surface area contributed by atoms with Crippen molar-refractivity contribution in [2.75, 3.05) is 14.1 Å². The van der Waals surface area contributed by atoms with E-state index in [-0.39, 0.29) is 84.4 Å². The summed E-state index contributed by atoms with van der Waals surface area (Å²) in [4.78, 5) is 29.3. The molecular weight excluding hydrogens is 546 g/mol. The summed E-state index contributed by atoms with van der Waals surface area (Å²) < 4.78 is 32.2. The molecule has 248 valence electrons. The van der Waals surface area contributed by atoms with E-state index in [1.807, 2.05) is 13.8 Å². The van der Waals surface area contributed by atoms with Crippen LogP contribution in [0.2, 0.25) is 0 Å². The highest BCUT2D eigenvalue weighted by molar-refractivity contribution is 5.73. The Kier molecular flexibility index (Phi) is 12.8. The summed E-state index contributed by atoms with van der Waals surface area (Å²) in [5.41, 5.74) is 0. The topological polar surface area (TPSA) is 83.5 Å². The van der Waals surface area contributed by atoms with Gasteiger partial charge in [0.15, 0.2) is 0 Å². The molecule has 0 aromatic rings. The molecule has 4 saturated heterocycles. The molecule has 4 bridgehead atoms. The highest BCUT2D eigenvalue weighted by Crippen LogP contribution is 2.39. The Morgan fingerprint density at radius 2 is 1.42 bits per heavy atom. The first-order valence-electron chi connectivity index (χ1n) is 17.6. The third kappa shape index (κ3) is 8.74. The molecule has 4 heterocycles. The maximum Gasteiger partial charge on any atom is 0.311 e. The molecule has 13 atom stereocenters. The fraction of sp³-hybridized carbons (Fsp3) is 0.943. The number of rotatable bonds is 9. The number of hydrogen-bond donors (Lipinski definition) is 0. The van der Waals surface area contributed by atoms with Crippen molar-refractivity contribution in [2.45, 2.75) is 173 Å². The number of fused-ring (bicyclic) bond motifs is 4. The van der Waals surface area contributed by atoms with Crippen LogP contribution >= 0.6 is 0 Å². The molecule has 0 unspecified atom stereocenters. The molecule has 8 nitrogen and oxygen atoms in total. The van der Waals surface area contributed by atoms with Gasteiger partial charge in [-0.2, -0.15) is 0 Å². The van der Waals surface area contributed by atoms with Crippen molar-refractivity contribution in [2.24, 2.45) is 23.7 Å². The molecule has 4 aliphatic heterocycles. The lowest BCUT2D eigenvalue weighted by Gasteiger charge is -2.36. The van der Waals surface area contributed by atoms with Crippen molar-refractivity contribution in [3.05, 3.63) is 0 Å². The lowest BCUT2D eigenvalue weighted by Crippen LogP contribution is -2.44. The molecule has 0 aliphatic carbocycles. The van der Waals surface area contributed by atoms with E-state index in [9.17, 15) is 9.59 Å². The van der Waals surface area contributed by atoms with Crippen molar-refractivity contribution in [1.29, 1.82) is 0 Å². The van der Waals surface area contributed by atoms with E-state index in [0.29, 0.717) is 12.5 Å². The van der Waals surface area contributed by atoms with Crippen LogP contribution in [-0.4, -0.2) is 85.8 Å². The van der Waals surface area contributed by atoms with Gasteiger partial charge in [-0.3, -0.25) is 9.59 Å². The zero-order valence-corrected chi connectivity index (χ0v) is 28.3. The molecule has 0 amide bonds. The largest absolute Gasteiger partial charge is 0.462 e. The minimum atomic E-state index is -0.364. The number of esters is 2. The summed E-state index contributed by atoms with van der Waals surface area (Å²) in [6.45, 7) is 12.6. The van der Waals surface area contributed by atoms with Gasteiger partial charge in [-0.25, -0.2) is 0 Å². The molecule has 0 N–H and O–H groups in total. The predicted molar refractivity (Wildman–Crippen MR) is 167 cm³/mol. The Morgan fingerprint density at radius 3 is 2.09 bits per heavy atom. The minimum Gasteiger partial charge on any atom is -0.462 e. The first-order chi connectivity index (χ1) is 20.5. The van der Waals surface area contributed by atoms with Crippen molar-refractivity contribution < 1.29 is 33.3 Å². The number of carbonyl (C=O) groups excluding carboxylic acids is 2. The average Bonchev–Trinajstić information content (AvgIpc) is 3.75. The molecular formula is C35H61NO7. The van der Waals surface area contributed by atoms with Crippen LogP contribution in [0.4, 0.5) is 0 Å². The van der Waals surface area contributed by atoms with Crippen molar-refractivity contribution >= 4 is 11.9 Å². The first-order valence-corrected chi connectivity index (χ1v) is 17.6. The fourth-order valence-corrected chi connectivity index (χ4v) is 8.01. The van der Waals surface area contributed by atoms with Gasteiger partial charge in [0.2, 0.25) is 0 Å². The Balaban J connectivity index is 1.51. The Bertz CT molecular complexity index is 897. The smallest absolute Gasteiger partial charge is 0.311 e. The summed E-state index contributed by atoms with van der Waals surface area (Å²) in [7, 11) is 4.32. The summed E-state index contributed by atoms with van der Waals surface area (Å²) in [6, 6.07) is 0.509. The van der Waals surface area contributed by atoms with Gasteiger partial charge >= 0.3 is 11.9 Å². The lowest BCUT2D eigenvalue weighted by molar-refractivity contribution is -0.175. The number of carbonyl (C=O) groups is 2. The van der Waals surface area contributed by atoms with E-state index in [4.69, 9.17) is 23.7 Å². The van der Waals surface area contributed by atoms with Gasteiger partial charge in [-0.1, -0.05) is 40.5 Å². The van der Waals surface area contributed by atoms with Crippen LogP contribution < -0.4 is 0 Å². The van der Waals surface area contributed by atoms with Crippen LogP contribution in [-0.2, 0) is 33.3 Å². The monoisotopic (exact) mass is 607 g/mol. The molecule has 0 spiro atoms. The maximum atomic E-state index is 13.7. The van der Waals surface area contributed by atoms with Crippen LogP contribution in [0.25, 0.3) is 0 Å². The van der Waals surface area contributed by atoms with Crippen LogP contribution in [0.3, 0.4) is 0 Å². The van der Waals surface area contributed by atoms with Crippen molar-refractivity contribution in [3.63, 3.8) is 0 Å². The molecule has 8 heteroatoms. The third-order valence-electron chi connectivity index (χ3n) is 11.0. The van der Waals surface area contributed by atoms with Gasteiger partial charge in [0.1, 0.15) is 12.2 Å². The van der Waals surface area contributed by atoms with Gasteiger partial charge in [0.25, 0.3) is 0 Å². The Hall–Kier alpha value is -1.22. The van der Waals surface area contributed by atoms with Crippen LogP contribution in [0, 0.1) is 23.7 Å². The van der Waals surface area contributed by atoms with Crippen molar-refractivity contribution in [1.82, 2.24) is 4.90 Å². The Labute approximate surface area is 261 Å². The fourth-order valence-electron chi connectivity index (χ4n) is 8.01. The van der Waals surface area contributed by atoms with E-state index < -0.39 is 0 Å².